The SMILES string of the molecule is CCCCn1c(=O)[nH]c2sc(CC)cc2c1=O. The predicted octanol–water partition coefficient (Wildman–Crippen LogP) is 2.11. The van der Waals surface area contributed by atoms with Crippen LogP contribution in [0.5, 0.6) is 0 Å². The van der Waals surface area contributed by atoms with Gasteiger partial charge in [-0.25, -0.2) is 4.79 Å². The van der Waals surface area contributed by atoms with Crippen molar-refractivity contribution in [1.29, 1.82) is 0 Å². The van der Waals surface area contributed by atoms with Crippen LogP contribution in [0.2, 0.25) is 0 Å². The van der Waals surface area contributed by atoms with Crippen LogP contribution in [0.1, 0.15) is 31.6 Å². The van der Waals surface area contributed by atoms with E-state index in [1.165, 1.54) is 15.9 Å². The van der Waals surface area contributed by atoms with Gasteiger partial charge in [0.15, 0.2) is 0 Å². The maximum atomic E-state index is 12.1. The van der Waals surface area contributed by atoms with Crippen molar-refractivity contribution in [1.82, 2.24) is 9.55 Å². The first-order valence-electron chi connectivity index (χ1n) is 5.93. The normalized spacial score (nSPS) is 11.2. The summed E-state index contributed by atoms with van der Waals surface area (Å²) in [7, 11) is 0. The highest BCUT2D eigenvalue weighted by molar-refractivity contribution is 7.18. The molecular formula is C12H16N2O2S. The predicted molar refractivity (Wildman–Crippen MR) is 71.0 cm³/mol. The van der Waals surface area contributed by atoms with Gasteiger partial charge in [0.25, 0.3) is 5.56 Å². The van der Waals surface area contributed by atoms with E-state index in [9.17, 15) is 9.59 Å². The molecule has 0 aliphatic carbocycles. The topological polar surface area (TPSA) is 54.9 Å². The van der Waals surface area contributed by atoms with Crippen molar-refractivity contribution in [3.05, 3.63) is 31.8 Å². The second-order valence-electron chi connectivity index (χ2n) is 4.05. The van der Waals surface area contributed by atoms with Crippen LogP contribution in [0.3, 0.4) is 0 Å². The van der Waals surface area contributed by atoms with Crippen LogP contribution in [0.25, 0.3) is 10.2 Å². The summed E-state index contributed by atoms with van der Waals surface area (Å²) in [5, 5.41) is 0.641. The van der Waals surface area contributed by atoms with Gasteiger partial charge in [-0.15, -0.1) is 11.3 Å². The number of hydrogen-bond donors (Lipinski definition) is 1. The van der Waals surface area contributed by atoms with E-state index in [2.05, 4.69) is 4.98 Å². The number of unbranched alkanes of at least 4 members (excludes halogenated alkanes) is 1. The minimum atomic E-state index is -0.291. The average molecular weight is 252 g/mol. The Morgan fingerprint density at radius 3 is 2.76 bits per heavy atom. The maximum absolute atomic E-state index is 12.1. The Balaban J connectivity index is 2.62. The van der Waals surface area contributed by atoms with Crippen molar-refractivity contribution >= 4 is 21.6 Å². The van der Waals surface area contributed by atoms with Crippen LogP contribution >= 0.6 is 11.3 Å². The minimum absolute atomic E-state index is 0.159. The van der Waals surface area contributed by atoms with Gasteiger partial charge in [0.1, 0.15) is 4.83 Å². The van der Waals surface area contributed by atoms with Gasteiger partial charge in [0.05, 0.1) is 5.39 Å². The zero-order valence-corrected chi connectivity index (χ0v) is 10.9. The molecule has 0 aliphatic heterocycles. The molecule has 0 amide bonds. The molecule has 0 aromatic carbocycles. The monoisotopic (exact) mass is 252 g/mol. The number of aromatic nitrogens is 2. The number of aryl methyl sites for hydroxylation is 1. The summed E-state index contributed by atoms with van der Waals surface area (Å²) in [4.78, 5) is 28.5. The lowest BCUT2D eigenvalue weighted by atomic mass is 10.3. The van der Waals surface area contributed by atoms with Crippen LogP contribution in [-0.2, 0) is 13.0 Å². The quantitative estimate of drug-likeness (QED) is 0.906. The van der Waals surface area contributed by atoms with E-state index in [0.29, 0.717) is 16.8 Å². The summed E-state index contributed by atoms with van der Waals surface area (Å²) >= 11 is 1.49. The van der Waals surface area contributed by atoms with E-state index in [1.54, 1.807) is 0 Å². The fourth-order valence-corrected chi connectivity index (χ4v) is 2.77. The average Bonchev–Trinajstić information content (AvgIpc) is 2.72. The summed E-state index contributed by atoms with van der Waals surface area (Å²) in [5.74, 6) is 0. The Labute approximate surface area is 103 Å². The van der Waals surface area contributed by atoms with Gasteiger partial charge in [-0.3, -0.25) is 14.3 Å². The van der Waals surface area contributed by atoms with Crippen LogP contribution in [0.4, 0.5) is 0 Å². The molecule has 0 saturated carbocycles. The summed E-state index contributed by atoms with van der Waals surface area (Å²) in [6.45, 7) is 4.58. The third kappa shape index (κ3) is 2.20. The van der Waals surface area contributed by atoms with E-state index >= 15 is 0 Å². The van der Waals surface area contributed by atoms with Gasteiger partial charge >= 0.3 is 5.69 Å². The van der Waals surface area contributed by atoms with Gasteiger partial charge < -0.3 is 0 Å². The molecule has 1 N–H and O–H groups in total. The number of rotatable bonds is 4. The zero-order valence-electron chi connectivity index (χ0n) is 10.1. The molecule has 92 valence electrons. The van der Waals surface area contributed by atoms with E-state index in [0.717, 1.165) is 24.1 Å². The van der Waals surface area contributed by atoms with E-state index in [1.807, 2.05) is 19.9 Å². The van der Waals surface area contributed by atoms with Crippen molar-refractivity contribution in [2.24, 2.45) is 0 Å². The van der Waals surface area contributed by atoms with Gasteiger partial charge in [0.2, 0.25) is 0 Å². The number of hydrogen-bond acceptors (Lipinski definition) is 3. The van der Waals surface area contributed by atoms with Crippen LogP contribution in [-0.4, -0.2) is 9.55 Å². The van der Waals surface area contributed by atoms with Crippen LogP contribution < -0.4 is 11.2 Å². The first kappa shape index (κ1) is 12.1. The molecule has 0 saturated heterocycles. The van der Waals surface area contributed by atoms with E-state index < -0.39 is 0 Å². The largest absolute Gasteiger partial charge is 0.329 e. The number of aromatic amines is 1. The van der Waals surface area contributed by atoms with Gasteiger partial charge in [-0.1, -0.05) is 20.3 Å². The summed E-state index contributed by atoms with van der Waals surface area (Å²) in [6.07, 6.45) is 2.70. The molecule has 0 unspecified atom stereocenters. The molecule has 0 bridgehead atoms. The highest BCUT2D eigenvalue weighted by Crippen LogP contribution is 2.20. The molecular weight excluding hydrogens is 236 g/mol. The second-order valence-corrected chi connectivity index (χ2v) is 5.19. The van der Waals surface area contributed by atoms with Gasteiger partial charge in [-0.2, -0.15) is 0 Å². The number of nitrogens with zero attached hydrogens (tertiary/aromatic N) is 1. The highest BCUT2D eigenvalue weighted by Gasteiger charge is 2.10. The molecule has 2 aromatic rings. The van der Waals surface area contributed by atoms with E-state index in [4.69, 9.17) is 0 Å². The second kappa shape index (κ2) is 4.87. The molecule has 5 heteroatoms. The smallest absolute Gasteiger partial charge is 0.298 e. The Hall–Kier alpha value is -1.36. The van der Waals surface area contributed by atoms with Crippen LogP contribution in [0, 0.1) is 0 Å². The molecule has 2 aromatic heterocycles. The van der Waals surface area contributed by atoms with Crippen molar-refractivity contribution in [2.45, 2.75) is 39.7 Å². The fraction of sp³-hybridized carbons (Fsp3) is 0.500. The number of nitrogens with one attached hydrogen (secondary N) is 1. The van der Waals surface area contributed by atoms with Gasteiger partial charge in [-0.05, 0) is 18.9 Å². The highest BCUT2D eigenvalue weighted by atomic mass is 32.1. The molecule has 4 nitrogen and oxygen atoms in total. The zero-order chi connectivity index (χ0) is 12.4. The lowest BCUT2D eigenvalue weighted by Gasteiger charge is -2.02. The van der Waals surface area contributed by atoms with Gasteiger partial charge in [0, 0.05) is 11.4 Å². The Morgan fingerprint density at radius 2 is 2.12 bits per heavy atom. The summed E-state index contributed by atoms with van der Waals surface area (Å²) in [5.41, 5.74) is -0.450. The number of fused-ring (bicyclic) bond motifs is 1. The first-order chi connectivity index (χ1) is 8.17. The number of thiophene rings is 1. The van der Waals surface area contributed by atoms with Crippen molar-refractivity contribution in [2.75, 3.05) is 0 Å². The third-order valence-electron chi connectivity index (χ3n) is 2.81. The molecule has 0 fully saturated rings. The third-order valence-corrected chi connectivity index (χ3v) is 4.00. The van der Waals surface area contributed by atoms with Crippen molar-refractivity contribution < 1.29 is 0 Å². The molecule has 0 spiro atoms. The Morgan fingerprint density at radius 1 is 1.35 bits per heavy atom. The maximum Gasteiger partial charge on any atom is 0.329 e. The van der Waals surface area contributed by atoms with Crippen molar-refractivity contribution in [3.8, 4) is 0 Å². The first-order valence-corrected chi connectivity index (χ1v) is 6.74. The summed E-state index contributed by atoms with van der Waals surface area (Å²) < 4.78 is 1.30. The minimum Gasteiger partial charge on any atom is -0.298 e. The molecule has 0 aliphatic rings. The molecule has 2 heterocycles. The lowest BCUT2D eigenvalue weighted by Crippen LogP contribution is -2.34. The lowest BCUT2D eigenvalue weighted by molar-refractivity contribution is 0.589. The van der Waals surface area contributed by atoms with Crippen LogP contribution in [0.15, 0.2) is 15.7 Å². The molecule has 17 heavy (non-hydrogen) atoms. The number of H-pyrrole nitrogens is 1. The molecule has 0 radical (unpaired) electrons. The standard InChI is InChI=1S/C12H16N2O2S/c1-3-5-6-14-11(15)9-7-8(4-2)17-10(9)13-12(14)16/h7H,3-6H2,1-2H3,(H,13,16). The Kier molecular flexibility index (Phi) is 3.47. The summed E-state index contributed by atoms with van der Waals surface area (Å²) in [6, 6.07) is 1.89. The van der Waals surface area contributed by atoms with E-state index in [-0.39, 0.29) is 11.2 Å². The van der Waals surface area contributed by atoms with Crippen molar-refractivity contribution in [3.63, 3.8) is 0 Å². The molecule has 2 rings (SSSR count). The molecule has 0 atom stereocenters. The Bertz CT molecular complexity index is 636. The fourth-order valence-electron chi connectivity index (χ4n) is 1.79.